The molecule has 0 unspecified atom stereocenters. The third-order valence-electron chi connectivity index (χ3n) is 5.60. The lowest BCUT2D eigenvalue weighted by Crippen LogP contribution is -2.39. The van der Waals surface area contributed by atoms with Gasteiger partial charge in [-0.2, -0.15) is 9.15 Å². The summed E-state index contributed by atoms with van der Waals surface area (Å²) < 4.78 is 18.2. The molecule has 1 aliphatic heterocycles. The number of carbonyl (C=O) groups is 1. The zero-order valence-electron chi connectivity index (χ0n) is 16.8. The van der Waals surface area contributed by atoms with Gasteiger partial charge in [-0.25, -0.2) is 4.79 Å². The maximum atomic E-state index is 12.6. The minimum absolute atomic E-state index is 0.249. The molecule has 3 aromatic rings. The molecule has 1 saturated heterocycles. The smallest absolute Gasteiger partial charge is 0.410 e. The lowest BCUT2D eigenvalue weighted by molar-refractivity contribution is 0.138. The van der Waals surface area contributed by atoms with Crippen LogP contribution in [-0.4, -0.2) is 24.1 Å². The Morgan fingerprint density at radius 1 is 0.935 bits per heavy atom. The highest BCUT2D eigenvalue weighted by atomic mass is 32.2. The van der Waals surface area contributed by atoms with E-state index >= 15 is 0 Å². The van der Waals surface area contributed by atoms with Gasteiger partial charge in [0, 0.05) is 18.0 Å². The highest BCUT2D eigenvalue weighted by Crippen LogP contribution is 2.30. The molecule has 6 heteroatoms. The van der Waals surface area contributed by atoms with Crippen LogP contribution < -0.4 is 4.74 Å². The van der Waals surface area contributed by atoms with Gasteiger partial charge in [0.2, 0.25) is 0 Å². The molecular formula is C25H21FN2O2S. The molecule has 0 bridgehead atoms. The highest BCUT2D eigenvalue weighted by molar-refractivity contribution is 7.94. The fourth-order valence-corrected chi connectivity index (χ4v) is 4.04. The van der Waals surface area contributed by atoms with Crippen LogP contribution in [0.25, 0.3) is 11.1 Å². The van der Waals surface area contributed by atoms with E-state index in [-0.39, 0.29) is 18.2 Å². The predicted octanol–water partition coefficient (Wildman–Crippen LogP) is 6.58. The summed E-state index contributed by atoms with van der Waals surface area (Å²) in [5.41, 5.74) is 3.79. The number of benzene rings is 3. The summed E-state index contributed by atoms with van der Waals surface area (Å²) in [6.45, 7) is 1.26. The Kier molecular flexibility index (Phi) is 6.54. The Balaban J connectivity index is 1.31. The zero-order chi connectivity index (χ0) is 21.6. The van der Waals surface area contributed by atoms with Crippen molar-refractivity contribution in [2.24, 2.45) is 0 Å². The van der Waals surface area contributed by atoms with E-state index < -0.39 is 0 Å². The van der Waals surface area contributed by atoms with E-state index in [4.69, 9.17) is 10.00 Å². The molecule has 4 nitrogen and oxygen atoms in total. The van der Waals surface area contributed by atoms with Crippen molar-refractivity contribution >= 4 is 18.2 Å². The molecule has 1 amide bonds. The van der Waals surface area contributed by atoms with Gasteiger partial charge < -0.3 is 9.64 Å². The van der Waals surface area contributed by atoms with E-state index in [1.54, 1.807) is 41.3 Å². The molecule has 1 heterocycles. The van der Waals surface area contributed by atoms with Gasteiger partial charge in [0.25, 0.3) is 0 Å². The number of nitriles is 1. The third-order valence-corrected chi connectivity index (χ3v) is 6.05. The van der Waals surface area contributed by atoms with E-state index in [1.807, 2.05) is 36.4 Å². The summed E-state index contributed by atoms with van der Waals surface area (Å²) in [4.78, 5) is 14.9. The van der Waals surface area contributed by atoms with Gasteiger partial charge in [0.15, 0.2) is 0 Å². The molecule has 0 aromatic heterocycles. The standard InChI is InChI=1S/C25H21FN2O2S/c26-31-24-11-7-21(8-12-24)22-13-15-28(16-14-22)25(29)30-23-9-5-20(6-10-23)19-3-1-18(17-27)2-4-19/h1-12,22H,13-16H2. The number of rotatable bonds is 4. The SMILES string of the molecule is N#Cc1ccc(-c2ccc(OC(=O)N3CCC(c4ccc(SF)cc4)CC3)cc2)cc1. The van der Waals surface area contributed by atoms with E-state index in [1.165, 1.54) is 5.56 Å². The van der Waals surface area contributed by atoms with Crippen molar-refractivity contribution in [3.05, 3.63) is 83.9 Å². The number of carbonyl (C=O) groups excluding carboxylic acids is 1. The van der Waals surface area contributed by atoms with E-state index in [9.17, 15) is 8.68 Å². The van der Waals surface area contributed by atoms with Crippen LogP contribution in [0.15, 0.2) is 77.7 Å². The van der Waals surface area contributed by atoms with Crippen LogP contribution in [0, 0.1) is 11.3 Å². The van der Waals surface area contributed by atoms with Crippen LogP contribution in [-0.2, 0) is 0 Å². The maximum absolute atomic E-state index is 12.6. The van der Waals surface area contributed by atoms with Gasteiger partial charge in [0.1, 0.15) is 5.75 Å². The molecule has 0 spiro atoms. The summed E-state index contributed by atoms with van der Waals surface area (Å²) in [6.07, 6.45) is 1.37. The second-order valence-corrected chi connectivity index (χ2v) is 8.11. The molecule has 31 heavy (non-hydrogen) atoms. The summed E-state index contributed by atoms with van der Waals surface area (Å²) in [5.74, 6) is 0.873. The van der Waals surface area contributed by atoms with Crippen molar-refractivity contribution in [2.45, 2.75) is 23.7 Å². The Morgan fingerprint density at radius 2 is 1.52 bits per heavy atom. The number of ether oxygens (including phenoxy) is 1. The molecule has 0 atom stereocenters. The number of hydrogen-bond acceptors (Lipinski definition) is 4. The molecule has 1 fully saturated rings. The Hall–Kier alpha value is -3.30. The minimum atomic E-state index is -0.339. The van der Waals surface area contributed by atoms with E-state index in [2.05, 4.69) is 6.07 Å². The molecular weight excluding hydrogens is 411 g/mol. The predicted molar refractivity (Wildman–Crippen MR) is 120 cm³/mol. The fourth-order valence-electron chi connectivity index (χ4n) is 3.80. The second-order valence-electron chi connectivity index (χ2n) is 7.49. The normalized spacial score (nSPS) is 14.1. The number of nitrogens with zero attached hydrogens (tertiary/aromatic N) is 2. The number of piperidine rings is 1. The van der Waals surface area contributed by atoms with Gasteiger partial charge in [-0.3, -0.25) is 0 Å². The summed E-state index contributed by atoms with van der Waals surface area (Å²) in [6, 6.07) is 24.3. The molecule has 156 valence electrons. The highest BCUT2D eigenvalue weighted by Gasteiger charge is 2.25. The van der Waals surface area contributed by atoms with E-state index in [0.717, 1.165) is 24.0 Å². The number of hydrogen-bond donors (Lipinski definition) is 0. The van der Waals surface area contributed by atoms with Crippen LogP contribution >= 0.6 is 12.1 Å². The molecule has 3 aromatic carbocycles. The van der Waals surface area contributed by atoms with Crippen LogP contribution in [0.3, 0.4) is 0 Å². The fraction of sp³-hybridized carbons (Fsp3) is 0.200. The molecule has 1 aliphatic rings. The largest absolute Gasteiger partial charge is 0.415 e. The number of amides is 1. The monoisotopic (exact) mass is 432 g/mol. The number of likely N-dealkylation sites (tertiary alicyclic amines) is 1. The van der Waals surface area contributed by atoms with Gasteiger partial charge >= 0.3 is 6.09 Å². The van der Waals surface area contributed by atoms with Crippen LogP contribution in [0.4, 0.5) is 8.68 Å². The quantitative estimate of drug-likeness (QED) is 0.467. The second kappa shape index (κ2) is 9.67. The third kappa shape index (κ3) is 5.07. The van der Waals surface area contributed by atoms with Crippen molar-refractivity contribution < 1.29 is 13.4 Å². The van der Waals surface area contributed by atoms with Crippen LogP contribution in [0.1, 0.15) is 29.9 Å². The lowest BCUT2D eigenvalue weighted by atomic mass is 9.90. The Morgan fingerprint density at radius 3 is 2.06 bits per heavy atom. The van der Waals surface area contributed by atoms with Crippen molar-refractivity contribution in [3.63, 3.8) is 0 Å². The summed E-state index contributed by atoms with van der Waals surface area (Å²) >= 11 is 0.249. The first-order chi connectivity index (χ1) is 15.2. The molecule has 0 saturated carbocycles. The van der Waals surface area contributed by atoms with Gasteiger partial charge in [0.05, 0.1) is 23.8 Å². The van der Waals surface area contributed by atoms with Crippen LogP contribution in [0.2, 0.25) is 0 Å². The van der Waals surface area contributed by atoms with Crippen molar-refractivity contribution in [1.29, 1.82) is 5.26 Å². The Labute approximate surface area is 185 Å². The first-order valence-electron chi connectivity index (χ1n) is 10.1. The van der Waals surface area contributed by atoms with Crippen molar-refractivity contribution in [2.75, 3.05) is 13.1 Å². The Bertz CT molecular complexity index is 1070. The molecule has 0 aliphatic carbocycles. The minimum Gasteiger partial charge on any atom is -0.410 e. The number of halogens is 1. The van der Waals surface area contributed by atoms with E-state index in [0.29, 0.717) is 35.2 Å². The van der Waals surface area contributed by atoms with Crippen molar-refractivity contribution in [3.8, 4) is 22.9 Å². The molecule has 4 rings (SSSR count). The zero-order valence-corrected chi connectivity index (χ0v) is 17.6. The van der Waals surface area contributed by atoms with Gasteiger partial charge in [-0.15, -0.1) is 0 Å². The molecule has 0 radical (unpaired) electrons. The average Bonchev–Trinajstić information content (AvgIpc) is 2.85. The topological polar surface area (TPSA) is 53.3 Å². The summed E-state index contributed by atoms with van der Waals surface area (Å²) in [5, 5.41) is 8.90. The van der Waals surface area contributed by atoms with Gasteiger partial charge in [-0.1, -0.05) is 36.4 Å². The first kappa shape index (κ1) is 21.0. The molecule has 0 N–H and O–H groups in total. The van der Waals surface area contributed by atoms with Crippen LogP contribution in [0.5, 0.6) is 5.75 Å². The summed E-state index contributed by atoms with van der Waals surface area (Å²) in [7, 11) is 0. The van der Waals surface area contributed by atoms with Crippen molar-refractivity contribution in [1.82, 2.24) is 4.90 Å². The average molecular weight is 433 g/mol. The maximum Gasteiger partial charge on any atom is 0.415 e. The first-order valence-corrected chi connectivity index (χ1v) is 10.8. The lowest BCUT2D eigenvalue weighted by Gasteiger charge is -2.31. The van der Waals surface area contributed by atoms with Gasteiger partial charge in [-0.05, 0) is 71.8 Å².